The third-order valence-corrected chi connectivity index (χ3v) is 1.96. The fraction of sp³-hybridized carbons (Fsp3) is 0.700. The number of aliphatic carboxylic acids is 1. The first kappa shape index (κ1) is 15.2. The standard InChI is InChI=1S/C10H19N3O4/c1-4-11-8(14)5-12-10(17)13(7(2)3)6-9(15)16/h7H,4-6H2,1-3H3,(H,11,14)(H,12,17)(H,15,16). The predicted octanol–water partition coefficient (Wildman–Crippen LogP) is -0.373. The largest absolute Gasteiger partial charge is 0.480 e. The number of likely N-dealkylation sites (N-methyl/N-ethyl adjacent to an activating group) is 1. The van der Waals surface area contributed by atoms with Gasteiger partial charge in [-0.3, -0.25) is 9.59 Å². The molecule has 0 saturated carbocycles. The number of amides is 3. The van der Waals surface area contributed by atoms with Crippen molar-refractivity contribution in [3.8, 4) is 0 Å². The molecule has 7 heteroatoms. The van der Waals surface area contributed by atoms with Crippen LogP contribution in [0.4, 0.5) is 4.79 Å². The molecule has 0 unspecified atom stereocenters. The molecule has 0 bridgehead atoms. The molecule has 3 amide bonds. The van der Waals surface area contributed by atoms with E-state index in [2.05, 4.69) is 10.6 Å². The van der Waals surface area contributed by atoms with Gasteiger partial charge < -0.3 is 20.6 Å². The van der Waals surface area contributed by atoms with Crippen LogP contribution in [0.25, 0.3) is 0 Å². The first-order chi connectivity index (χ1) is 7.88. The van der Waals surface area contributed by atoms with E-state index in [-0.39, 0.29) is 25.0 Å². The number of hydrogen-bond donors (Lipinski definition) is 3. The third-order valence-electron chi connectivity index (χ3n) is 1.96. The maximum absolute atomic E-state index is 11.6. The molecule has 0 fully saturated rings. The van der Waals surface area contributed by atoms with Gasteiger partial charge in [-0.25, -0.2) is 4.79 Å². The summed E-state index contributed by atoms with van der Waals surface area (Å²) in [5.41, 5.74) is 0. The lowest BCUT2D eigenvalue weighted by atomic mass is 10.3. The second-order valence-electron chi connectivity index (χ2n) is 3.73. The van der Waals surface area contributed by atoms with E-state index in [0.29, 0.717) is 6.54 Å². The zero-order valence-electron chi connectivity index (χ0n) is 10.3. The van der Waals surface area contributed by atoms with Crippen LogP contribution in [0.5, 0.6) is 0 Å². The lowest BCUT2D eigenvalue weighted by Gasteiger charge is -2.24. The van der Waals surface area contributed by atoms with E-state index in [1.54, 1.807) is 20.8 Å². The highest BCUT2D eigenvalue weighted by molar-refractivity contribution is 5.85. The van der Waals surface area contributed by atoms with E-state index < -0.39 is 12.0 Å². The molecule has 0 aromatic carbocycles. The van der Waals surface area contributed by atoms with Crippen LogP contribution >= 0.6 is 0 Å². The normalized spacial score (nSPS) is 9.88. The van der Waals surface area contributed by atoms with Crippen LogP contribution in [0.3, 0.4) is 0 Å². The minimum absolute atomic E-state index is 0.157. The van der Waals surface area contributed by atoms with Crippen LogP contribution in [0.2, 0.25) is 0 Å². The summed E-state index contributed by atoms with van der Waals surface area (Å²) in [6.07, 6.45) is 0. The van der Waals surface area contributed by atoms with Crippen molar-refractivity contribution in [2.45, 2.75) is 26.8 Å². The van der Waals surface area contributed by atoms with Crippen LogP contribution in [-0.2, 0) is 9.59 Å². The summed E-state index contributed by atoms with van der Waals surface area (Å²) in [6.45, 7) is 5.11. The summed E-state index contributed by atoms with van der Waals surface area (Å²) in [5, 5.41) is 13.5. The number of urea groups is 1. The number of carboxylic acids is 1. The zero-order chi connectivity index (χ0) is 13.4. The number of nitrogens with one attached hydrogen (secondary N) is 2. The van der Waals surface area contributed by atoms with Crippen molar-refractivity contribution in [3.63, 3.8) is 0 Å². The molecule has 0 heterocycles. The highest BCUT2D eigenvalue weighted by atomic mass is 16.4. The molecule has 0 spiro atoms. The van der Waals surface area contributed by atoms with Gasteiger partial charge in [0.05, 0.1) is 6.54 Å². The first-order valence-electron chi connectivity index (χ1n) is 5.41. The van der Waals surface area contributed by atoms with Crippen molar-refractivity contribution in [1.29, 1.82) is 0 Å². The van der Waals surface area contributed by atoms with Crippen LogP contribution in [-0.4, -0.2) is 53.6 Å². The average molecular weight is 245 g/mol. The summed E-state index contributed by atoms with van der Waals surface area (Å²) in [4.78, 5) is 34.4. The van der Waals surface area contributed by atoms with Crippen LogP contribution in [0.1, 0.15) is 20.8 Å². The Hall–Kier alpha value is -1.79. The van der Waals surface area contributed by atoms with Gasteiger partial charge in [-0.05, 0) is 20.8 Å². The van der Waals surface area contributed by atoms with Crippen molar-refractivity contribution in [2.24, 2.45) is 0 Å². The Morgan fingerprint density at radius 3 is 2.24 bits per heavy atom. The molecular weight excluding hydrogens is 226 g/mol. The van der Waals surface area contributed by atoms with Gasteiger partial charge in [0.1, 0.15) is 6.54 Å². The second-order valence-corrected chi connectivity index (χ2v) is 3.73. The lowest BCUT2D eigenvalue weighted by molar-refractivity contribution is -0.138. The molecule has 0 atom stereocenters. The molecule has 7 nitrogen and oxygen atoms in total. The van der Waals surface area contributed by atoms with Crippen molar-refractivity contribution in [2.75, 3.05) is 19.6 Å². The van der Waals surface area contributed by atoms with Gasteiger partial charge >= 0.3 is 12.0 Å². The molecule has 0 aliphatic rings. The van der Waals surface area contributed by atoms with E-state index in [9.17, 15) is 14.4 Å². The van der Waals surface area contributed by atoms with Crippen molar-refractivity contribution in [1.82, 2.24) is 15.5 Å². The lowest BCUT2D eigenvalue weighted by Crippen LogP contribution is -2.48. The number of hydrogen-bond acceptors (Lipinski definition) is 3. The Balaban J connectivity index is 4.24. The van der Waals surface area contributed by atoms with Crippen molar-refractivity contribution < 1.29 is 19.5 Å². The third kappa shape index (κ3) is 6.39. The Morgan fingerprint density at radius 1 is 1.24 bits per heavy atom. The highest BCUT2D eigenvalue weighted by Crippen LogP contribution is 1.98. The number of carbonyl (C=O) groups is 3. The summed E-state index contributed by atoms with van der Waals surface area (Å²) < 4.78 is 0. The topological polar surface area (TPSA) is 98.7 Å². The van der Waals surface area contributed by atoms with Crippen LogP contribution in [0.15, 0.2) is 0 Å². The Kier molecular flexibility index (Phi) is 6.69. The van der Waals surface area contributed by atoms with E-state index >= 15 is 0 Å². The van der Waals surface area contributed by atoms with Gasteiger partial charge in [-0.1, -0.05) is 0 Å². The van der Waals surface area contributed by atoms with Gasteiger partial charge in [-0.15, -0.1) is 0 Å². The minimum Gasteiger partial charge on any atom is -0.480 e. The maximum Gasteiger partial charge on any atom is 0.323 e. The first-order valence-corrected chi connectivity index (χ1v) is 5.41. The molecule has 0 saturated heterocycles. The van der Waals surface area contributed by atoms with E-state index in [1.807, 2.05) is 0 Å². The van der Waals surface area contributed by atoms with Crippen molar-refractivity contribution >= 4 is 17.9 Å². The quantitative estimate of drug-likeness (QED) is 0.594. The van der Waals surface area contributed by atoms with Gasteiger partial charge in [0, 0.05) is 12.6 Å². The van der Waals surface area contributed by atoms with Crippen LogP contribution in [0, 0.1) is 0 Å². The fourth-order valence-corrected chi connectivity index (χ4v) is 1.15. The zero-order valence-corrected chi connectivity index (χ0v) is 10.3. The smallest absolute Gasteiger partial charge is 0.323 e. The Bertz CT molecular complexity index is 291. The summed E-state index contributed by atoms with van der Waals surface area (Å²) in [7, 11) is 0. The number of rotatable bonds is 6. The van der Waals surface area contributed by atoms with E-state index in [4.69, 9.17) is 5.11 Å². The van der Waals surface area contributed by atoms with E-state index in [1.165, 1.54) is 0 Å². The highest BCUT2D eigenvalue weighted by Gasteiger charge is 2.19. The molecule has 0 aliphatic heterocycles. The summed E-state index contributed by atoms with van der Waals surface area (Å²) >= 11 is 0. The van der Waals surface area contributed by atoms with Crippen molar-refractivity contribution in [3.05, 3.63) is 0 Å². The number of nitrogens with zero attached hydrogens (tertiary/aromatic N) is 1. The fourth-order valence-electron chi connectivity index (χ4n) is 1.15. The Labute approximate surface area is 100 Å². The monoisotopic (exact) mass is 245 g/mol. The average Bonchev–Trinajstić information content (AvgIpc) is 2.22. The molecule has 0 aliphatic carbocycles. The molecule has 3 N–H and O–H groups in total. The number of carbonyl (C=O) groups excluding carboxylic acids is 2. The van der Waals surface area contributed by atoms with Gasteiger partial charge in [0.2, 0.25) is 5.91 Å². The molecule has 0 aromatic heterocycles. The van der Waals surface area contributed by atoms with Gasteiger partial charge in [-0.2, -0.15) is 0 Å². The van der Waals surface area contributed by atoms with Gasteiger partial charge in [0.15, 0.2) is 0 Å². The van der Waals surface area contributed by atoms with Crippen LogP contribution < -0.4 is 10.6 Å². The summed E-state index contributed by atoms with van der Waals surface area (Å²) in [6, 6.07) is -0.811. The SMILES string of the molecule is CCNC(=O)CNC(=O)N(CC(=O)O)C(C)C. The van der Waals surface area contributed by atoms with Gasteiger partial charge in [0.25, 0.3) is 0 Å². The molecular formula is C10H19N3O4. The number of carboxylic acid groups (broad SMARTS) is 1. The molecule has 98 valence electrons. The second kappa shape index (κ2) is 7.48. The molecule has 0 aromatic rings. The molecule has 0 rings (SSSR count). The summed E-state index contributed by atoms with van der Waals surface area (Å²) in [5.74, 6) is -1.40. The minimum atomic E-state index is -1.09. The Morgan fingerprint density at radius 2 is 1.82 bits per heavy atom. The molecule has 17 heavy (non-hydrogen) atoms. The predicted molar refractivity (Wildman–Crippen MR) is 61.6 cm³/mol. The molecule has 0 radical (unpaired) electrons. The maximum atomic E-state index is 11.6. The van der Waals surface area contributed by atoms with E-state index in [0.717, 1.165) is 4.90 Å².